The Kier molecular flexibility index (Phi) is 6.61. The molecule has 3 rings (SSSR count). The highest BCUT2D eigenvalue weighted by Gasteiger charge is 2.21. The molecule has 2 aromatic rings. The minimum absolute atomic E-state index is 0.130. The molecular formula is C21H26FNO3. The van der Waals surface area contributed by atoms with Crippen molar-refractivity contribution in [2.75, 3.05) is 33.9 Å². The van der Waals surface area contributed by atoms with Crippen molar-refractivity contribution >= 4 is 0 Å². The lowest BCUT2D eigenvalue weighted by Gasteiger charge is -2.33. The van der Waals surface area contributed by atoms with E-state index in [2.05, 4.69) is 17.0 Å². The Balaban J connectivity index is 1.61. The van der Waals surface area contributed by atoms with Crippen LogP contribution in [0.5, 0.6) is 5.75 Å². The van der Waals surface area contributed by atoms with Crippen molar-refractivity contribution in [1.29, 1.82) is 0 Å². The first-order valence-electron chi connectivity index (χ1n) is 8.91. The number of hydrogen-bond donors (Lipinski definition) is 0. The van der Waals surface area contributed by atoms with Crippen LogP contribution in [-0.2, 0) is 29.0 Å². The summed E-state index contributed by atoms with van der Waals surface area (Å²) >= 11 is 0. The Morgan fingerprint density at radius 2 is 1.88 bits per heavy atom. The zero-order valence-electron chi connectivity index (χ0n) is 15.4. The van der Waals surface area contributed by atoms with Crippen LogP contribution < -0.4 is 4.74 Å². The van der Waals surface area contributed by atoms with E-state index < -0.39 is 0 Å². The van der Waals surface area contributed by atoms with Crippen molar-refractivity contribution < 1.29 is 18.6 Å². The van der Waals surface area contributed by atoms with Crippen LogP contribution in [0.4, 0.5) is 4.39 Å². The van der Waals surface area contributed by atoms with Gasteiger partial charge in [-0.1, -0.05) is 18.2 Å². The SMILES string of the molecule is COCc1cc(CN2CCO[C@@H](Cc3ccc(F)cc3)C2)ccc1OC. The molecule has 0 unspecified atom stereocenters. The third-order valence-corrected chi connectivity index (χ3v) is 4.65. The molecule has 0 aliphatic carbocycles. The first-order chi connectivity index (χ1) is 12.7. The van der Waals surface area contributed by atoms with Gasteiger partial charge < -0.3 is 14.2 Å². The first-order valence-corrected chi connectivity index (χ1v) is 8.91. The molecule has 5 heteroatoms. The number of halogens is 1. The maximum absolute atomic E-state index is 13.1. The van der Waals surface area contributed by atoms with E-state index in [1.807, 2.05) is 18.2 Å². The first kappa shape index (κ1) is 18.8. The van der Waals surface area contributed by atoms with E-state index in [-0.39, 0.29) is 11.9 Å². The summed E-state index contributed by atoms with van der Waals surface area (Å²) < 4.78 is 29.6. The standard InChI is InChI=1S/C21H26FNO3/c1-24-15-18-11-17(5-8-21(18)25-2)13-23-9-10-26-20(14-23)12-16-3-6-19(22)7-4-16/h3-8,11,20H,9-10,12-15H2,1-2H3/t20-/m0/s1. The van der Waals surface area contributed by atoms with Crippen LogP contribution in [0, 0.1) is 5.82 Å². The smallest absolute Gasteiger partial charge is 0.124 e. The number of rotatable bonds is 7. The lowest BCUT2D eigenvalue weighted by atomic mass is 10.1. The number of benzene rings is 2. The molecule has 0 aromatic heterocycles. The molecule has 1 aliphatic heterocycles. The van der Waals surface area contributed by atoms with Crippen LogP contribution in [0.25, 0.3) is 0 Å². The van der Waals surface area contributed by atoms with E-state index in [0.29, 0.717) is 13.2 Å². The summed E-state index contributed by atoms with van der Waals surface area (Å²) in [5.41, 5.74) is 3.40. The Morgan fingerprint density at radius 3 is 2.62 bits per heavy atom. The van der Waals surface area contributed by atoms with Crippen molar-refractivity contribution in [1.82, 2.24) is 4.90 Å². The van der Waals surface area contributed by atoms with Gasteiger partial charge in [0.1, 0.15) is 11.6 Å². The highest BCUT2D eigenvalue weighted by atomic mass is 19.1. The zero-order chi connectivity index (χ0) is 18.4. The summed E-state index contributed by atoms with van der Waals surface area (Å²) in [4.78, 5) is 2.40. The van der Waals surface area contributed by atoms with E-state index >= 15 is 0 Å². The van der Waals surface area contributed by atoms with Gasteiger partial charge in [-0.2, -0.15) is 0 Å². The second kappa shape index (κ2) is 9.12. The Morgan fingerprint density at radius 1 is 1.12 bits per heavy atom. The summed E-state index contributed by atoms with van der Waals surface area (Å²) in [6.45, 7) is 3.89. The maximum atomic E-state index is 13.1. The normalized spacial score (nSPS) is 18.0. The molecule has 0 radical (unpaired) electrons. The third-order valence-electron chi connectivity index (χ3n) is 4.65. The lowest BCUT2D eigenvalue weighted by molar-refractivity contribution is -0.0305. The van der Waals surface area contributed by atoms with Gasteiger partial charge in [0.2, 0.25) is 0 Å². The quantitative estimate of drug-likeness (QED) is 0.758. The molecule has 2 aromatic carbocycles. The molecule has 0 N–H and O–H groups in total. The van der Waals surface area contributed by atoms with Gasteiger partial charge in [-0.3, -0.25) is 4.90 Å². The van der Waals surface area contributed by atoms with Gasteiger partial charge in [0, 0.05) is 32.3 Å². The Labute approximate surface area is 154 Å². The van der Waals surface area contributed by atoms with Crippen LogP contribution in [0.1, 0.15) is 16.7 Å². The van der Waals surface area contributed by atoms with Crippen LogP contribution >= 0.6 is 0 Å². The molecule has 1 fully saturated rings. The van der Waals surface area contributed by atoms with Crippen LogP contribution in [0.15, 0.2) is 42.5 Å². The average molecular weight is 359 g/mol. The van der Waals surface area contributed by atoms with E-state index in [9.17, 15) is 4.39 Å². The molecular weight excluding hydrogens is 333 g/mol. The highest BCUT2D eigenvalue weighted by Crippen LogP contribution is 2.22. The van der Waals surface area contributed by atoms with Crippen LogP contribution in [-0.4, -0.2) is 44.9 Å². The maximum Gasteiger partial charge on any atom is 0.124 e. The lowest BCUT2D eigenvalue weighted by Crippen LogP contribution is -2.42. The van der Waals surface area contributed by atoms with Crippen molar-refractivity contribution in [2.24, 2.45) is 0 Å². The molecule has 1 aliphatic rings. The molecule has 4 nitrogen and oxygen atoms in total. The highest BCUT2D eigenvalue weighted by molar-refractivity contribution is 5.37. The summed E-state index contributed by atoms with van der Waals surface area (Å²) in [5.74, 6) is 0.651. The van der Waals surface area contributed by atoms with Crippen molar-refractivity contribution in [3.05, 3.63) is 65.0 Å². The fourth-order valence-electron chi connectivity index (χ4n) is 3.39. The van der Waals surface area contributed by atoms with Gasteiger partial charge in [-0.05, 0) is 41.8 Å². The van der Waals surface area contributed by atoms with Crippen molar-refractivity contribution in [2.45, 2.75) is 25.7 Å². The number of ether oxygens (including phenoxy) is 3. The van der Waals surface area contributed by atoms with E-state index in [0.717, 1.165) is 42.9 Å². The molecule has 0 saturated carbocycles. The molecule has 0 bridgehead atoms. The molecule has 0 amide bonds. The topological polar surface area (TPSA) is 30.9 Å². The largest absolute Gasteiger partial charge is 0.496 e. The average Bonchev–Trinajstić information content (AvgIpc) is 2.65. The van der Waals surface area contributed by atoms with Gasteiger partial charge in [-0.25, -0.2) is 4.39 Å². The van der Waals surface area contributed by atoms with E-state index in [1.165, 1.54) is 17.7 Å². The van der Waals surface area contributed by atoms with E-state index in [4.69, 9.17) is 14.2 Å². The Bertz CT molecular complexity index is 705. The zero-order valence-corrected chi connectivity index (χ0v) is 15.4. The van der Waals surface area contributed by atoms with Crippen LogP contribution in [0.2, 0.25) is 0 Å². The third kappa shape index (κ3) is 5.04. The second-order valence-electron chi connectivity index (χ2n) is 6.64. The summed E-state index contributed by atoms with van der Waals surface area (Å²) in [6.07, 6.45) is 0.930. The predicted octanol–water partition coefficient (Wildman–Crippen LogP) is 3.42. The number of morpholine rings is 1. The number of hydrogen-bond acceptors (Lipinski definition) is 4. The molecule has 26 heavy (non-hydrogen) atoms. The second-order valence-corrected chi connectivity index (χ2v) is 6.64. The molecule has 0 spiro atoms. The molecule has 140 valence electrons. The van der Waals surface area contributed by atoms with Gasteiger partial charge in [0.25, 0.3) is 0 Å². The van der Waals surface area contributed by atoms with Gasteiger partial charge >= 0.3 is 0 Å². The number of methoxy groups -OCH3 is 2. The summed E-state index contributed by atoms with van der Waals surface area (Å²) in [7, 11) is 3.37. The van der Waals surface area contributed by atoms with Gasteiger partial charge in [-0.15, -0.1) is 0 Å². The summed E-state index contributed by atoms with van der Waals surface area (Å²) in [6, 6.07) is 12.9. The van der Waals surface area contributed by atoms with Gasteiger partial charge in [0.15, 0.2) is 0 Å². The van der Waals surface area contributed by atoms with E-state index in [1.54, 1.807) is 14.2 Å². The molecule has 1 atom stereocenters. The van der Waals surface area contributed by atoms with Crippen molar-refractivity contribution in [3.8, 4) is 5.75 Å². The molecule has 1 heterocycles. The minimum Gasteiger partial charge on any atom is -0.496 e. The van der Waals surface area contributed by atoms with Crippen molar-refractivity contribution in [3.63, 3.8) is 0 Å². The van der Waals surface area contributed by atoms with Crippen LogP contribution in [0.3, 0.4) is 0 Å². The Hall–Kier alpha value is -1.95. The molecule has 1 saturated heterocycles. The fourth-order valence-corrected chi connectivity index (χ4v) is 3.39. The predicted molar refractivity (Wildman–Crippen MR) is 98.8 cm³/mol. The van der Waals surface area contributed by atoms with Gasteiger partial charge in [0.05, 0.1) is 26.4 Å². The minimum atomic E-state index is -0.202. The summed E-state index contributed by atoms with van der Waals surface area (Å²) in [5, 5.41) is 0. The monoisotopic (exact) mass is 359 g/mol. The number of nitrogens with zero attached hydrogens (tertiary/aromatic N) is 1. The fraction of sp³-hybridized carbons (Fsp3) is 0.429.